The molecule has 29 heavy (non-hydrogen) atoms. The highest BCUT2D eigenvalue weighted by atomic mass is 35.5. The van der Waals surface area contributed by atoms with E-state index in [1.165, 1.54) is 12.1 Å². The molecule has 0 aromatic heterocycles. The Labute approximate surface area is 174 Å². The highest BCUT2D eigenvalue weighted by Crippen LogP contribution is 2.30. The predicted molar refractivity (Wildman–Crippen MR) is 118 cm³/mol. The number of rotatable bonds is 6. The first-order chi connectivity index (χ1) is 14.1. The van der Waals surface area contributed by atoms with Crippen molar-refractivity contribution in [3.63, 3.8) is 0 Å². The molecule has 0 aliphatic rings. The molecule has 0 saturated heterocycles. The summed E-state index contributed by atoms with van der Waals surface area (Å²) in [6.45, 7) is 2.93. The SMILES string of the molecule is Cc1ccc(Cl)cc1NCc1c(OCc2cccc(F)c2)ccc2ccccc12. The van der Waals surface area contributed by atoms with Gasteiger partial charge >= 0.3 is 0 Å². The summed E-state index contributed by atoms with van der Waals surface area (Å²) in [5.41, 5.74) is 3.96. The van der Waals surface area contributed by atoms with Gasteiger partial charge in [-0.05, 0) is 59.2 Å². The molecule has 4 heteroatoms. The van der Waals surface area contributed by atoms with Gasteiger partial charge in [-0.3, -0.25) is 0 Å². The Kier molecular flexibility index (Phi) is 5.68. The minimum absolute atomic E-state index is 0.261. The van der Waals surface area contributed by atoms with Crippen molar-refractivity contribution in [2.45, 2.75) is 20.1 Å². The third kappa shape index (κ3) is 4.52. The van der Waals surface area contributed by atoms with E-state index in [1.807, 2.05) is 55.5 Å². The van der Waals surface area contributed by atoms with Crippen LogP contribution in [0.2, 0.25) is 5.02 Å². The maximum Gasteiger partial charge on any atom is 0.125 e. The van der Waals surface area contributed by atoms with Crippen LogP contribution in [0.3, 0.4) is 0 Å². The summed E-state index contributed by atoms with van der Waals surface area (Å²) in [6.07, 6.45) is 0. The summed E-state index contributed by atoms with van der Waals surface area (Å²) in [7, 11) is 0. The second-order valence-electron chi connectivity index (χ2n) is 6.99. The molecule has 0 aliphatic carbocycles. The molecule has 0 heterocycles. The van der Waals surface area contributed by atoms with Crippen LogP contribution in [0.1, 0.15) is 16.7 Å². The minimum Gasteiger partial charge on any atom is -0.489 e. The number of ether oxygens (including phenoxy) is 1. The average molecular weight is 406 g/mol. The fourth-order valence-corrected chi connectivity index (χ4v) is 3.56. The first-order valence-electron chi connectivity index (χ1n) is 9.48. The Hall–Kier alpha value is -3.04. The molecule has 4 aromatic carbocycles. The van der Waals surface area contributed by atoms with E-state index < -0.39 is 0 Å². The smallest absolute Gasteiger partial charge is 0.125 e. The number of fused-ring (bicyclic) bond motifs is 1. The Morgan fingerprint density at radius 2 is 1.79 bits per heavy atom. The first kappa shape index (κ1) is 19.3. The Bertz CT molecular complexity index is 1160. The van der Waals surface area contributed by atoms with Crippen LogP contribution in [0.25, 0.3) is 10.8 Å². The lowest BCUT2D eigenvalue weighted by Gasteiger charge is -2.17. The number of anilines is 1. The quantitative estimate of drug-likeness (QED) is 0.368. The van der Waals surface area contributed by atoms with Gasteiger partial charge in [-0.1, -0.05) is 60.1 Å². The van der Waals surface area contributed by atoms with E-state index in [-0.39, 0.29) is 5.82 Å². The predicted octanol–water partition coefficient (Wildman–Crippen LogP) is 7.13. The maximum atomic E-state index is 13.5. The second-order valence-corrected chi connectivity index (χ2v) is 7.43. The van der Waals surface area contributed by atoms with Crippen LogP contribution in [0.5, 0.6) is 5.75 Å². The molecule has 0 unspecified atom stereocenters. The molecule has 146 valence electrons. The summed E-state index contributed by atoms with van der Waals surface area (Å²) in [5, 5.41) is 6.44. The zero-order chi connectivity index (χ0) is 20.2. The number of aryl methyl sites for hydroxylation is 1. The van der Waals surface area contributed by atoms with Gasteiger partial charge in [0.2, 0.25) is 0 Å². The van der Waals surface area contributed by atoms with Crippen molar-refractivity contribution in [2.24, 2.45) is 0 Å². The Morgan fingerprint density at radius 3 is 2.66 bits per heavy atom. The van der Waals surface area contributed by atoms with Crippen molar-refractivity contribution in [1.29, 1.82) is 0 Å². The molecule has 0 radical (unpaired) electrons. The summed E-state index contributed by atoms with van der Waals surface area (Å²) in [5.74, 6) is 0.517. The average Bonchev–Trinajstić information content (AvgIpc) is 2.73. The van der Waals surface area contributed by atoms with Crippen LogP contribution in [0.15, 0.2) is 78.9 Å². The zero-order valence-electron chi connectivity index (χ0n) is 16.1. The number of hydrogen-bond donors (Lipinski definition) is 1. The number of halogens is 2. The molecule has 0 fully saturated rings. The van der Waals surface area contributed by atoms with Gasteiger partial charge in [0.25, 0.3) is 0 Å². The van der Waals surface area contributed by atoms with Gasteiger partial charge in [-0.2, -0.15) is 0 Å². The molecule has 2 nitrogen and oxygen atoms in total. The molecule has 0 atom stereocenters. The van der Waals surface area contributed by atoms with E-state index in [1.54, 1.807) is 6.07 Å². The summed E-state index contributed by atoms with van der Waals surface area (Å²) in [4.78, 5) is 0. The third-order valence-electron chi connectivity index (χ3n) is 4.94. The molecule has 0 spiro atoms. The summed E-state index contributed by atoms with van der Waals surface area (Å²) in [6, 6.07) is 24.5. The van der Waals surface area contributed by atoms with Crippen molar-refractivity contribution < 1.29 is 9.13 Å². The molecular formula is C25H21ClFNO. The van der Waals surface area contributed by atoms with Crippen molar-refractivity contribution in [2.75, 3.05) is 5.32 Å². The van der Waals surface area contributed by atoms with Gasteiger partial charge in [0.15, 0.2) is 0 Å². The van der Waals surface area contributed by atoms with Crippen molar-refractivity contribution in [3.05, 3.63) is 106 Å². The van der Waals surface area contributed by atoms with Crippen LogP contribution in [-0.4, -0.2) is 0 Å². The lowest BCUT2D eigenvalue weighted by molar-refractivity contribution is 0.303. The standard InChI is InChI=1S/C25H21ClFNO/c1-17-9-11-20(26)14-24(17)28-15-23-22-8-3-2-6-19(22)10-12-25(23)29-16-18-5-4-7-21(27)13-18/h2-14,28H,15-16H2,1H3. The van der Waals surface area contributed by atoms with E-state index in [0.29, 0.717) is 18.2 Å². The van der Waals surface area contributed by atoms with Crippen LogP contribution >= 0.6 is 11.6 Å². The van der Waals surface area contributed by atoms with Gasteiger partial charge in [-0.15, -0.1) is 0 Å². The van der Waals surface area contributed by atoms with Gasteiger partial charge in [0.05, 0.1) is 0 Å². The van der Waals surface area contributed by atoms with Crippen LogP contribution < -0.4 is 10.1 Å². The number of nitrogens with one attached hydrogen (secondary N) is 1. The van der Waals surface area contributed by atoms with Crippen molar-refractivity contribution >= 4 is 28.1 Å². The van der Waals surface area contributed by atoms with E-state index in [4.69, 9.17) is 16.3 Å². The van der Waals surface area contributed by atoms with Crippen LogP contribution in [0.4, 0.5) is 10.1 Å². The van der Waals surface area contributed by atoms with Gasteiger partial charge in [0.1, 0.15) is 18.2 Å². The highest BCUT2D eigenvalue weighted by Gasteiger charge is 2.10. The Balaban J connectivity index is 1.64. The number of hydrogen-bond acceptors (Lipinski definition) is 2. The fraction of sp³-hybridized carbons (Fsp3) is 0.120. The number of benzene rings is 4. The first-order valence-corrected chi connectivity index (χ1v) is 9.86. The molecule has 4 rings (SSSR count). The van der Waals surface area contributed by atoms with Crippen molar-refractivity contribution in [1.82, 2.24) is 0 Å². The summed E-state index contributed by atoms with van der Waals surface area (Å²) >= 11 is 6.16. The normalized spacial score (nSPS) is 10.9. The van der Waals surface area contributed by atoms with Crippen LogP contribution in [0, 0.1) is 12.7 Å². The fourth-order valence-electron chi connectivity index (χ4n) is 3.39. The topological polar surface area (TPSA) is 21.3 Å². The van der Waals surface area contributed by atoms with E-state index in [0.717, 1.165) is 38.9 Å². The highest BCUT2D eigenvalue weighted by molar-refractivity contribution is 6.30. The molecule has 1 N–H and O–H groups in total. The summed E-state index contributed by atoms with van der Waals surface area (Å²) < 4.78 is 19.6. The van der Waals surface area contributed by atoms with E-state index >= 15 is 0 Å². The second kappa shape index (κ2) is 8.54. The molecule has 4 aromatic rings. The van der Waals surface area contributed by atoms with E-state index in [9.17, 15) is 4.39 Å². The van der Waals surface area contributed by atoms with Gasteiger partial charge in [-0.25, -0.2) is 4.39 Å². The molecule has 0 aliphatic heterocycles. The Morgan fingerprint density at radius 1 is 0.931 bits per heavy atom. The van der Waals surface area contributed by atoms with Gasteiger partial charge < -0.3 is 10.1 Å². The minimum atomic E-state index is -0.261. The molecule has 0 amide bonds. The van der Waals surface area contributed by atoms with Crippen molar-refractivity contribution in [3.8, 4) is 5.75 Å². The lowest BCUT2D eigenvalue weighted by Crippen LogP contribution is -2.05. The molecular weight excluding hydrogens is 385 g/mol. The van der Waals surface area contributed by atoms with Crippen LogP contribution in [-0.2, 0) is 13.2 Å². The molecule has 0 saturated carbocycles. The molecule has 0 bridgehead atoms. The third-order valence-corrected chi connectivity index (χ3v) is 5.17. The van der Waals surface area contributed by atoms with E-state index in [2.05, 4.69) is 17.4 Å². The lowest BCUT2D eigenvalue weighted by atomic mass is 10.0. The van der Waals surface area contributed by atoms with Gasteiger partial charge in [0, 0.05) is 22.8 Å². The largest absolute Gasteiger partial charge is 0.489 e. The maximum absolute atomic E-state index is 13.5. The zero-order valence-corrected chi connectivity index (χ0v) is 16.8. The monoisotopic (exact) mass is 405 g/mol.